The third kappa shape index (κ3) is 3.63. The van der Waals surface area contributed by atoms with Gasteiger partial charge < -0.3 is 24.8 Å². The number of halogens is 2. The van der Waals surface area contributed by atoms with Crippen molar-refractivity contribution < 1.29 is 45.2 Å². The molecule has 2 aliphatic carbocycles. The second-order valence-corrected chi connectivity index (χ2v) is 25.4. The Morgan fingerprint density at radius 2 is 1.15 bits per heavy atom. The van der Waals surface area contributed by atoms with Gasteiger partial charge in [0, 0.05) is 0 Å². The van der Waals surface area contributed by atoms with Gasteiger partial charge >= 0.3 is 154 Å². The van der Waals surface area contributed by atoms with E-state index >= 15 is 0 Å². The zero-order chi connectivity index (χ0) is 16.8. The molecule has 4 heteroatoms. The first kappa shape index (κ1) is 21.9. The van der Waals surface area contributed by atoms with Crippen LogP contribution in [-0.4, -0.2) is 5.43 Å². The van der Waals surface area contributed by atoms with Crippen molar-refractivity contribution in [2.24, 2.45) is 0 Å². The maximum absolute atomic E-state index is 2.57. The molecule has 0 radical (unpaired) electrons. The minimum absolute atomic E-state index is 0. The fourth-order valence-electron chi connectivity index (χ4n) is 4.35. The first-order valence-corrected chi connectivity index (χ1v) is 17.8. The van der Waals surface area contributed by atoms with E-state index in [1.165, 1.54) is 22.3 Å². The van der Waals surface area contributed by atoms with Gasteiger partial charge in [0.2, 0.25) is 0 Å². The summed E-state index contributed by atoms with van der Waals surface area (Å²) < 4.78 is 1.51. The first-order valence-electron chi connectivity index (χ1n) is 8.80. The molecule has 2 aliphatic rings. The van der Waals surface area contributed by atoms with E-state index in [9.17, 15) is 0 Å². The number of hydrogen-bond acceptors (Lipinski definition) is 0. The predicted octanol–water partition coefficient (Wildman–Crippen LogP) is 0.0167. The summed E-state index contributed by atoms with van der Waals surface area (Å²) in [6, 6.07) is 13.8. The SMILES string of the molecule is Cc1cccc2c1C=C[CH]2[Zr+2]([CH]1C=Cc2c(C)cccc21)=[Si](C)C.[Cl-].[Cl-]. The molecule has 0 amide bonds. The van der Waals surface area contributed by atoms with Gasteiger partial charge in [-0.2, -0.15) is 0 Å². The molecule has 2 atom stereocenters. The third-order valence-electron chi connectivity index (χ3n) is 5.54. The van der Waals surface area contributed by atoms with Gasteiger partial charge in [0.15, 0.2) is 0 Å². The number of hydrogen-bond donors (Lipinski definition) is 0. The second kappa shape index (κ2) is 8.74. The van der Waals surface area contributed by atoms with Gasteiger partial charge in [0.1, 0.15) is 0 Å². The summed E-state index contributed by atoms with van der Waals surface area (Å²) in [4.78, 5) is 0. The molecule has 0 fully saturated rings. The third-order valence-corrected chi connectivity index (χ3v) is 24.7. The van der Waals surface area contributed by atoms with Crippen LogP contribution in [0.1, 0.15) is 40.6 Å². The van der Waals surface area contributed by atoms with E-state index in [0.717, 1.165) is 7.25 Å². The summed E-state index contributed by atoms with van der Waals surface area (Å²) in [6.45, 7) is 9.66. The molecule has 0 aromatic heterocycles. The Morgan fingerprint density at radius 3 is 1.54 bits per heavy atom. The molecule has 2 aromatic rings. The molecular weight excluding hydrogens is 454 g/mol. The quantitative estimate of drug-likeness (QED) is 0.534. The predicted molar refractivity (Wildman–Crippen MR) is 103 cm³/mol. The zero-order valence-corrected chi connectivity index (χ0v) is 20.7. The standard InChI is InChI=1S/2C10H9.C2H6Si.2ClH.Zr/c2*1-8-4-2-5-9-6-3-7-10(8)9;1-3-2;;;/h2*2-7H,1H3;1-2H3;2*1H;/q;;;;;+2/p-2. The molecule has 4 rings (SSSR count). The van der Waals surface area contributed by atoms with Crippen LogP contribution >= 0.6 is 0 Å². The maximum atomic E-state index is 2.57. The summed E-state index contributed by atoms with van der Waals surface area (Å²) in [6.07, 6.45) is 9.95. The van der Waals surface area contributed by atoms with Gasteiger partial charge in [-0.3, -0.25) is 0 Å². The van der Waals surface area contributed by atoms with E-state index in [1.807, 2.05) is 0 Å². The Kier molecular flexibility index (Phi) is 7.36. The molecule has 0 saturated carbocycles. The fraction of sp³-hybridized carbons (Fsp3) is 0.273. The molecule has 0 nitrogen and oxygen atoms in total. The fourth-order valence-corrected chi connectivity index (χ4v) is 23.1. The molecule has 0 N–H and O–H groups in total. The molecular formula is C22H24Cl2SiZr. The second-order valence-electron chi connectivity index (χ2n) is 7.28. The largest absolute Gasteiger partial charge is 1.00 e. The van der Waals surface area contributed by atoms with Crippen LogP contribution in [-0.2, 0) is 20.4 Å². The Balaban J connectivity index is 0.00000121. The molecule has 26 heavy (non-hydrogen) atoms. The number of fused-ring (bicyclic) bond motifs is 2. The summed E-state index contributed by atoms with van der Waals surface area (Å²) in [5.41, 5.74) is 8.90. The summed E-state index contributed by atoms with van der Waals surface area (Å²) >= 11 is -1.71. The van der Waals surface area contributed by atoms with Gasteiger partial charge in [0.05, 0.1) is 0 Å². The number of benzene rings is 2. The number of allylic oxidation sites excluding steroid dienone is 2. The van der Waals surface area contributed by atoms with Crippen molar-refractivity contribution in [3.05, 3.63) is 81.9 Å². The van der Waals surface area contributed by atoms with E-state index in [0.29, 0.717) is 0 Å². The van der Waals surface area contributed by atoms with Crippen LogP contribution in [0, 0.1) is 13.8 Å². The smallest absolute Gasteiger partial charge is 1.00 e. The monoisotopic (exact) mass is 476 g/mol. The van der Waals surface area contributed by atoms with Crippen LogP contribution in [0.25, 0.3) is 12.2 Å². The van der Waals surface area contributed by atoms with Crippen molar-refractivity contribution in [1.29, 1.82) is 0 Å². The zero-order valence-electron chi connectivity index (χ0n) is 15.7. The van der Waals surface area contributed by atoms with Gasteiger partial charge in [-0.25, -0.2) is 0 Å². The van der Waals surface area contributed by atoms with Crippen LogP contribution in [0.3, 0.4) is 0 Å². The topological polar surface area (TPSA) is 0 Å². The van der Waals surface area contributed by atoms with Gasteiger partial charge in [-0.15, -0.1) is 0 Å². The van der Waals surface area contributed by atoms with Crippen LogP contribution < -0.4 is 24.8 Å². The average Bonchev–Trinajstić information content (AvgIpc) is 3.15. The summed E-state index contributed by atoms with van der Waals surface area (Å²) in [7, 11) is 0. The molecule has 0 bridgehead atoms. The maximum Gasteiger partial charge on any atom is -1.00 e. The molecule has 0 spiro atoms. The van der Waals surface area contributed by atoms with Crippen molar-refractivity contribution in [3.8, 4) is 0 Å². The molecule has 0 saturated heterocycles. The Hall–Kier alpha value is -0.400. The van der Waals surface area contributed by atoms with E-state index in [4.69, 9.17) is 0 Å². The Bertz CT molecular complexity index is 854. The van der Waals surface area contributed by atoms with Gasteiger partial charge in [-0.05, 0) is 0 Å². The van der Waals surface area contributed by atoms with E-state index in [1.54, 1.807) is 11.1 Å². The molecule has 0 aliphatic heterocycles. The van der Waals surface area contributed by atoms with Crippen LogP contribution in [0.2, 0.25) is 13.1 Å². The number of rotatable bonds is 2. The van der Waals surface area contributed by atoms with Crippen LogP contribution in [0.5, 0.6) is 0 Å². The normalized spacial score (nSPS) is 18.3. The van der Waals surface area contributed by atoms with Crippen molar-refractivity contribution in [2.45, 2.75) is 34.2 Å². The van der Waals surface area contributed by atoms with E-state index in [2.05, 4.69) is 87.6 Å². The minimum Gasteiger partial charge on any atom is -1.00 e. The van der Waals surface area contributed by atoms with E-state index in [-0.39, 0.29) is 30.2 Å². The molecule has 0 heterocycles. The average molecular weight is 479 g/mol. The van der Waals surface area contributed by atoms with Crippen molar-refractivity contribution in [2.75, 3.05) is 0 Å². The van der Waals surface area contributed by atoms with Gasteiger partial charge in [0.25, 0.3) is 0 Å². The Morgan fingerprint density at radius 1 is 0.731 bits per heavy atom. The van der Waals surface area contributed by atoms with Crippen LogP contribution in [0.4, 0.5) is 0 Å². The molecule has 2 unspecified atom stereocenters. The van der Waals surface area contributed by atoms with Crippen molar-refractivity contribution in [3.63, 3.8) is 0 Å². The van der Waals surface area contributed by atoms with Crippen molar-refractivity contribution >= 4 is 17.6 Å². The van der Waals surface area contributed by atoms with E-state index < -0.39 is 20.4 Å². The van der Waals surface area contributed by atoms with Crippen molar-refractivity contribution in [1.82, 2.24) is 0 Å². The minimum atomic E-state index is -1.71. The van der Waals surface area contributed by atoms with Crippen LogP contribution in [0.15, 0.2) is 48.6 Å². The molecule has 134 valence electrons. The molecule has 2 aromatic carbocycles. The first-order chi connectivity index (χ1) is 11.6. The summed E-state index contributed by atoms with van der Waals surface area (Å²) in [5.74, 6) is 0. The Labute approximate surface area is 177 Å². The number of aryl methyl sites for hydroxylation is 2. The summed E-state index contributed by atoms with van der Waals surface area (Å²) in [5, 5.41) is 0. The van der Waals surface area contributed by atoms with Gasteiger partial charge in [-0.1, -0.05) is 0 Å².